The summed E-state index contributed by atoms with van der Waals surface area (Å²) in [4.78, 5) is 1.20. The van der Waals surface area contributed by atoms with Gasteiger partial charge in [0.2, 0.25) is 0 Å². The van der Waals surface area contributed by atoms with Crippen molar-refractivity contribution in [3.8, 4) is 5.69 Å². The van der Waals surface area contributed by atoms with Crippen LogP contribution in [0.2, 0.25) is 0 Å². The van der Waals surface area contributed by atoms with Gasteiger partial charge in [0.15, 0.2) is 5.82 Å². The lowest BCUT2D eigenvalue weighted by Gasteiger charge is -2.06. The number of aromatic nitrogens is 3. The number of benzene rings is 1. The van der Waals surface area contributed by atoms with Crippen LogP contribution in [-0.4, -0.2) is 21.2 Å². The zero-order valence-electron chi connectivity index (χ0n) is 9.34. The molecule has 1 aromatic carbocycles. The Morgan fingerprint density at radius 1 is 1.44 bits per heavy atom. The molecule has 1 aromatic heterocycles. The van der Waals surface area contributed by atoms with Crippen LogP contribution in [0, 0.1) is 0 Å². The van der Waals surface area contributed by atoms with Crippen molar-refractivity contribution < 1.29 is 0 Å². The quantitative estimate of drug-likeness (QED) is 0.827. The molecule has 0 fully saturated rings. The van der Waals surface area contributed by atoms with Crippen molar-refractivity contribution >= 4 is 17.6 Å². The van der Waals surface area contributed by atoms with E-state index in [0.717, 1.165) is 17.8 Å². The molecule has 2 rings (SSSR count). The highest BCUT2D eigenvalue weighted by Gasteiger charge is 2.09. The van der Waals surface area contributed by atoms with Gasteiger partial charge in [-0.1, -0.05) is 18.2 Å². The molecule has 0 saturated carbocycles. The van der Waals surface area contributed by atoms with E-state index in [4.69, 9.17) is 5.73 Å². The van der Waals surface area contributed by atoms with Gasteiger partial charge in [0.1, 0.15) is 0 Å². The molecular formula is C11H14N4S. The first-order valence-corrected chi connectivity index (χ1v) is 6.33. The number of hydrogen-bond acceptors (Lipinski definition) is 4. The molecule has 0 amide bonds. The minimum atomic E-state index is 0.511. The van der Waals surface area contributed by atoms with Crippen LogP contribution in [0.1, 0.15) is 12.6 Å². The Kier molecular flexibility index (Phi) is 3.14. The van der Waals surface area contributed by atoms with Crippen molar-refractivity contribution in [3.05, 3.63) is 30.0 Å². The smallest absolute Gasteiger partial charge is 0.169 e. The second kappa shape index (κ2) is 4.57. The van der Waals surface area contributed by atoms with Crippen LogP contribution in [0.25, 0.3) is 5.69 Å². The fourth-order valence-corrected chi connectivity index (χ4v) is 2.05. The first-order chi connectivity index (χ1) is 7.76. The summed E-state index contributed by atoms with van der Waals surface area (Å²) in [6.07, 6.45) is 2.87. The third-order valence-electron chi connectivity index (χ3n) is 2.43. The number of anilines is 1. The van der Waals surface area contributed by atoms with E-state index < -0.39 is 0 Å². The SMILES string of the molecule is CCc1c(N)nnn1-c1cccc(SC)c1. The topological polar surface area (TPSA) is 56.7 Å². The van der Waals surface area contributed by atoms with Gasteiger partial charge in [0.25, 0.3) is 0 Å². The van der Waals surface area contributed by atoms with Crippen LogP contribution in [0.3, 0.4) is 0 Å². The van der Waals surface area contributed by atoms with E-state index in [0.29, 0.717) is 5.82 Å². The van der Waals surface area contributed by atoms with Gasteiger partial charge in [0.05, 0.1) is 11.4 Å². The Morgan fingerprint density at radius 2 is 2.25 bits per heavy atom. The van der Waals surface area contributed by atoms with Gasteiger partial charge in [-0.25, -0.2) is 4.68 Å². The lowest BCUT2D eigenvalue weighted by molar-refractivity contribution is 0.765. The predicted molar refractivity (Wildman–Crippen MR) is 66.9 cm³/mol. The number of nitrogen functional groups attached to an aromatic ring is 1. The Hall–Kier alpha value is -1.49. The van der Waals surface area contributed by atoms with Crippen LogP contribution in [-0.2, 0) is 6.42 Å². The van der Waals surface area contributed by atoms with Gasteiger partial charge in [-0.05, 0) is 30.9 Å². The summed E-state index contributed by atoms with van der Waals surface area (Å²) < 4.78 is 1.80. The van der Waals surface area contributed by atoms with Crippen LogP contribution in [0.5, 0.6) is 0 Å². The van der Waals surface area contributed by atoms with E-state index in [1.54, 1.807) is 16.4 Å². The maximum absolute atomic E-state index is 5.76. The van der Waals surface area contributed by atoms with Crippen molar-refractivity contribution in [2.75, 3.05) is 12.0 Å². The van der Waals surface area contributed by atoms with Crippen molar-refractivity contribution in [1.29, 1.82) is 0 Å². The molecule has 0 saturated heterocycles. The summed E-state index contributed by atoms with van der Waals surface area (Å²) in [5.41, 5.74) is 7.72. The molecule has 16 heavy (non-hydrogen) atoms. The second-order valence-corrected chi connectivity index (χ2v) is 4.27. The molecular weight excluding hydrogens is 220 g/mol. The van der Waals surface area contributed by atoms with E-state index >= 15 is 0 Å². The van der Waals surface area contributed by atoms with Gasteiger partial charge in [-0.2, -0.15) is 0 Å². The van der Waals surface area contributed by atoms with Crippen LogP contribution in [0.4, 0.5) is 5.82 Å². The Balaban J connectivity index is 2.49. The summed E-state index contributed by atoms with van der Waals surface area (Å²) >= 11 is 1.71. The van der Waals surface area contributed by atoms with E-state index in [1.807, 2.05) is 19.1 Å². The van der Waals surface area contributed by atoms with Crippen LogP contribution < -0.4 is 5.73 Å². The molecule has 0 aliphatic rings. The fraction of sp³-hybridized carbons (Fsp3) is 0.273. The molecule has 0 bridgehead atoms. The van der Waals surface area contributed by atoms with Crippen molar-refractivity contribution in [1.82, 2.24) is 15.0 Å². The number of hydrogen-bond donors (Lipinski definition) is 1. The maximum Gasteiger partial charge on any atom is 0.169 e. The van der Waals surface area contributed by atoms with Crippen molar-refractivity contribution in [2.24, 2.45) is 0 Å². The standard InChI is InChI=1S/C11H14N4S/c1-3-10-11(12)13-14-15(10)8-5-4-6-9(7-8)16-2/h4-7H,3,12H2,1-2H3. The van der Waals surface area contributed by atoms with Crippen molar-refractivity contribution in [2.45, 2.75) is 18.2 Å². The number of nitrogens with zero attached hydrogens (tertiary/aromatic N) is 3. The summed E-state index contributed by atoms with van der Waals surface area (Å²) in [6, 6.07) is 8.17. The number of rotatable bonds is 3. The second-order valence-electron chi connectivity index (χ2n) is 3.39. The van der Waals surface area contributed by atoms with Gasteiger partial charge in [0, 0.05) is 4.90 Å². The molecule has 0 unspecified atom stereocenters. The minimum Gasteiger partial charge on any atom is -0.381 e. The Bertz CT molecular complexity index is 492. The molecule has 84 valence electrons. The summed E-state index contributed by atoms with van der Waals surface area (Å²) in [5.74, 6) is 0.511. The molecule has 4 nitrogen and oxygen atoms in total. The maximum atomic E-state index is 5.76. The number of thioether (sulfide) groups is 1. The van der Waals surface area contributed by atoms with Gasteiger partial charge < -0.3 is 5.73 Å². The highest BCUT2D eigenvalue weighted by molar-refractivity contribution is 7.98. The zero-order valence-corrected chi connectivity index (χ0v) is 10.2. The fourth-order valence-electron chi connectivity index (χ4n) is 1.59. The molecule has 0 aliphatic carbocycles. The van der Waals surface area contributed by atoms with Crippen molar-refractivity contribution in [3.63, 3.8) is 0 Å². The summed E-state index contributed by atoms with van der Waals surface area (Å²) in [7, 11) is 0. The molecule has 5 heteroatoms. The lowest BCUT2D eigenvalue weighted by Crippen LogP contribution is -2.02. The molecule has 2 N–H and O–H groups in total. The van der Waals surface area contributed by atoms with Gasteiger partial charge >= 0.3 is 0 Å². The van der Waals surface area contributed by atoms with E-state index in [2.05, 4.69) is 28.7 Å². The average Bonchev–Trinajstić information content (AvgIpc) is 2.70. The molecule has 0 atom stereocenters. The van der Waals surface area contributed by atoms with Crippen LogP contribution in [0.15, 0.2) is 29.2 Å². The third kappa shape index (κ3) is 1.90. The van der Waals surface area contributed by atoms with Gasteiger partial charge in [-0.15, -0.1) is 16.9 Å². The van der Waals surface area contributed by atoms with E-state index in [9.17, 15) is 0 Å². The Morgan fingerprint density at radius 3 is 2.94 bits per heavy atom. The first kappa shape index (κ1) is 11.0. The first-order valence-electron chi connectivity index (χ1n) is 5.10. The molecule has 1 heterocycles. The average molecular weight is 234 g/mol. The highest BCUT2D eigenvalue weighted by Crippen LogP contribution is 2.20. The summed E-state index contributed by atoms with van der Waals surface area (Å²) in [5, 5.41) is 7.97. The molecule has 2 aromatic rings. The highest BCUT2D eigenvalue weighted by atomic mass is 32.2. The minimum absolute atomic E-state index is 0.511. The molecule has 0 spiro atoms. The largest absolute Gasteiger partial charge is 0.381 e. The van der Waals surface area contributed by atoms with E-state index in [-0.39, 0.29) is 0 Å². The lowest BCUT2D eigenvalue weighted by atomic mass is 10.3. The summed E-state index contributed by atoms with van der Waals surface area (Å²) in [6.45, 7) is 2.05. The molecule has 0 aliphatic heterocycles. The van der Waals surface area contributed by atoms with E-state index in [1.165, 1.54) is 4.90 Å². The third-order valence-corrected chi connectivity index (χ3v) is 3.15. The zero-order chi connectivity index (χ0) is 11.5. The number of nitrogens with two attached hydrogens (primary N) is 1. The molecule has 0 radical (unpaired) electrons. The Labute approximate surface area is 98.8 Å². The predicted octanol–water partition coefficient (Wildman–Crippen LogP) is 2.13. The van der Waals surface area contributed by atoms with Gasteiger partial charge in [-0.3, -0.25) is 0 Å². The van der Waals surface area contributed by atoms with Crippen LogP contribution >= 0.6 is 11.8 Å². The monoisotopic (exact) mass is 234 g/mol. The normalized spacial score (nSPS) is 10.6.